The van der Waals surface area contributed by atoms with E-state index in [4.69, 9.17) is 0 Å². The Morgan fingerprint density at radius 3 is 2.31 bits per heavy atom. The van der Waals surface area contributed by atoms with E-state index in [0.29, 0.717) is 17.9 Å². The molecule has 1 saturated carbocycles. The van der Waals surface area contributed by atoms with Crippen LogP contribution in [0.3, 0.4) is 0 Å². The van der Waals surface area contributed by atoms with Crippen molar-refractivity contribution in [2.75, 3.05) is 19.6 Å². The number of carbonyl (C=O) groups is 1. The van der Waals surface area contributed by atoms with Crippen molar-refractivity contribution in [1.29, 1.82) is 0 Å². The fourth-order valence-corrected chi connectivity index (χ4v) is 2.26. The largest absolute Gasteiger partial charge is 0.340 e. The highest BCUT2D eigenvalue weighted by Crippen LogP contribution is 2.31. The number of amides is 1. The van der Waals surface area contributed by atoms with Gasteiger partial charge < -0.3 is 10.2 Å². The van der Waals surface area contributed by atoms with Gasteiger partial charge in [-0.05, 0) is 51.6 Å². The normalized spacial score (nSPS) is 23.0. The summed E-state index contributed by atoms with van der Waals surface area (Å²) in [4.78, 5) is 14.5. The van der Waals surface area contributed by atoms with Crippen molar-refractivity contribution in [3.05, 3.63) is 0 Å². The van der Waals surface area contributed by atoms with Gasteiger partial charge in [-0.15, -0.1) is 0 Å². The maximum Gasteiger partial charge on any atom is 0.226 e. The van der Waals surface area contributed by atoms with E-state index < -0.39 is 0 Å². The van der Waals surface area contributed by atoms with Gasteiger partial charge in [0.05, 0.1) is 0 Å². The van der Waals surface area contributed by atoms with Gasteiger partial charge in [0, 0.05) is 18.5 Å². The molecule has 1 aliphatic carbocycles. The summed E-state index contributed by atoms with van der Waals surface area (Å²) in [5.41, 5.74) is 0. The minimum atomic E-state index is 0.197. The van der Waals surface area contributed by atoms with Gasteiger partial charge in [0.25, 0.3) is 0 Å². The molecule has 3 nitrogen and oxygen atoms in total. The first-order valence-corrected chi connectivity index (χ1v) is 6.60. The van der Waals surface area contributed by atoms with E-state index in [-0.39, 0.29) is 5.92 Å². The molecule has 16 heavy (non-hydrogen) atoms. The second-order valence-corrected chi connectivity index (χ2v) is 5.73. The lowest BCUT2D eigenvalue weighted by atomic mass is 9.87. The number of rotatable bonds is 5. The lowest BCUT2D eigenvalue weighted by molar-refractivity contribution is -0.139. The summed E-state index contributed by atoms with van der Waals surface area (Å²) in [6.07, 6.45) is 2.63. The fourth-order valence-electron chi connectivity index (χ4n) is 2.26. The molecule has 0 aromatic rings. The molecular weight excluding hydrogens is 200 g/mol. The van der Waals surface area contributed by atoms with Crippen LogP contribution in [0.2, 0.25) is 0 Å². The van der Waals surface area contributed by atoms with Crippen LogP contribution in [0, 0.1) is 17.8 Å². The van der Waals surface area contributed by atoms with Crippen molar-refractivity contribution in [2.45, 2.75) is 39.7 Å². The first-order chi connectivity index (χ1) is 7.59. The molecule has 1 heterocycles. The standard InChI is InChI=1S/C13H24N2O/c1-9(2)15(8-11-4-5-11)13(16)10(3)12-6-14-7-12/h9-12,14H,4-8H2,1-3H3. The van der Waals surface area contributed by atoms with Crippen molar-refractivity contribution in [3.8, 4) is 0 Å². The van der Waals surface area contributed by atoms with Crippen molar-refractivity contribution in [1.82, 2.24) is 10.2 Å². The Morgan fingerprint density at radius 1 is 1.31 bits per heavy atom. The Labute approximate surface area is 98.6 Å². The van der Waals surface area contributed by atoms with Crippen LogP contribution >= 0.6 is 0 Å². The predicted octanol–water partition coefficient (Wildman–Crippen LogP) is 1.49. The topological polar surface area (TPSA) is 32.3 Å². The van der Waals surface area contributed by atoms with Gasteiger partial charge in [0.15, 0.2) is 0 Å². The first-order valence-electron chi connectivity index (χ1n) is 6.60. The van der Waals surface area contributed by atoms with E-state index in [1.165, 1.54) is 12.8 Å². The van der Waals surface area contributed by atoms with Crippen LogP contribution in [-0.2, 0) is 4.79 Å². The molecular formula is C13H24N2O. The van der Waals surface area contributed by atoms with Crippen LogP contribution in [0.25, 0.3) is 0 Å². The molecule has 1 atom stereocenters. The molecule has 92 valence electrons. The van der Waals surface area contributed by atoms with Gasteiger partial charge >= 0.3 is 0 Å². The highest BCUT2D eigenvalue weighted by molar-refractivity contribution is 5.79. The number of nitrogens with one attached hydrogen (secondary N) is 1. The Kier molecular flexibility index (Phi) is 3.53. The maximum atomic E-state index is 12.4. The van der Waals surface area contributed by atoms with E-state index >= 15 is 0 Å². The molecule has 1 aliphatic heterocycles. The summed E-state index contributed by atoms with van der Waals surface area (Å²) in [6.45, 7) is 9.37. The fraction of sp³-hybridized carbons (Fsp3) is 0.923. The lowest BCUT2D eigenvalue weighted by Crippen LogP contribution is -2.51. The van der Waals surface area contributed by atoms with Crippen molar-refractivity contribution < 1.29 is 4.79 Å². The van der Waals surface area contributed by atoms with Gasteiger partial charge in [-0.3, -0.25) is 4.79 Å². The van der Waals surface area contributed by atoms with Crippen LogP contribution in [0.4, 0.5) is 0 Å². The average molecular weight is 224 g/mol. The molecule has 0 bridgehead atoms. The Balaban J connectivity index is 1.91. The van der Waals surface area contributed by atoms with Crippen LogP contribution in [0.1, 0.15) is 33.6 Å². The number of nitrogens with zero attached hydrogens (tertiary/aromatic N) is 1. The van der Waals surface area contributed by atoms with Crippen LogP contribution in [0.15, 0.2) is 0 Å². The third-order valence-electron chi connectivity index (χ3n) is 3.97. The summed E-state index contributed by atoms with van der Waals surface area (Å²) in [5.74, 6) is 1.92. The molecule has 0 aromatic carbocycles. The zero-order chi connectivity index (χ0) is 11.7. The monoisotopic (exact) mass is 224 g/mol. The highest BCUT2D eigenvalue weighted by Gasteiger charge is 2.34. The lowest BCUT2D eigenvalue weighted by Gasteiger charge is -2.36. The molecule has 0 spiro atoms. The quantitative estimate of drug-likeness (QED) is 0.767. The third-order valence-corrected chi connectivity index (χ3v) is 3.97. The molecule has 3 heteroatoms. The number of carbonyl (C=O) groups excluding carboxylic acids is 1. The van der Waals surface area contributed by atoms with Gasteiger partial charge in [0.2, 0.25) is 5.91 Å². The first kappa shape index (κ1) is 11.9. The number of hydrogen-bond donors (Lipinski definition) is 1. The zero-order valence-corrected chi connectivity index (χ0v) is 10.7. The van der Waals surface area contributed by atoms with E-state index in [2.05, 4.69) is 31.0 Å². The van der Waals surface area contributed by atoms with Gasteiger partial charge in [-0.25, -0.2) is 0 Å². The van der Waals surface area contributed by atoms with E-state index in [0.717, 1.165) is 25.6 Å². The molecule has 0 radical (unpaired) electrons. The minimum Gasteiger partial charge on any atom is -0.340 e. The summed E-state index contributed by atoms with van der Waals surface area (Å²) in [5, 5.41) is 3.25. The zero-order valence-electron chi connectivity index (χ0n) is 10.7. The summed E-state index contributed by atoms with van der Waals surface area (Å²) >= 11 is 0. The van der Waals surface area contributed by atoms with Crippen LogP contribution < -0.4 is 5.32 Å². The van der Waals surface area contributed by atoms with E-state index in [1.54, 1.807) is 0 Å². The smallest absolute Gasteiger partial charge is 0.226 e. The van der Waals surface area contributed by atoms with Crippen molar-refractivity contribution >= 4 is 5.91 Å². The maximum absolute atomic E-state index is 12.4. The molecule has 1 saturated heterocycles. The van der Waals surface area contributed by atoms with Gasteiger partial charge in [-0.2, -0.15) is 0 Å². The predicted molar refractivity (Wildman–Crippen MR) is 65.1 cm³/mol. The SMILES string of the molecule is CC(C(=O)N(CC1CC1)C(C)C)C1CNC1. The number of hydrogen-bond acceptors (Lipinski definition) is 2. The summed E-state index contributed by atoms with van der Waals surface area (Å²) in [6, 6.07) is 0.351. The van der Waals surface area contributed by atoms with Crippen molar-refractivity contribution in [3.63, 3.8) is 0 Å². The van der Waals surface area contributed by atoms with E-state index in [1.807, 2.05) is 0 Å². The molecule has 1 N–H and O–H groups in total. The summed E-state index contributed by atoms with van der Waals surface area (Å²) in [7, 11) is 0. The Hall–Kier alpha value is -0.570. The van der Waals surface area contributed by atoms with Crippen molar-refractivity contribution in [2.24, 2.45) is 17.8 Å². The second-order valence-electron chi connectivity index (χ2n) is 5.73. The second kappa shape index (κ2) is 4.74. The highest BCUT2D eigenvalue weighted by atomic mass is 16.2. The van der Waals surface area contributed by atoms with Crippen LogP contribution in [-0.4, -0.2) is 36.5 Å². The Morgan fingerprint density at radius 2 is 1.94 bits per heavy atom. The van der Waals surface area contributed by atoms with Gasteiger partial charge in [-0.1, -0.05) is 6.92 Å². The summed E-state index contributed by atoms with van der Waals surface area (Å²) < 4.78 is 0. The molecule has 1 unspecified atom stereocenters. The van der Waals surface area contributed by atoms with Gasteiger partial charge in [0.1, 0.15) is 0 Å². The average Bonchev–Trinajstić information content (AvgIpc) is 2.93. The Bertz CT molecular complexity index is 257. The molecule has 0 aromatic heterocycles. The molecule has 2 fully saturated rings. The molecule has 2 aliphatic rings. The molecule has 2 rings (SSSR count). The minimum absolute atomic E-state index is 0.197. The van der Waals surface area contributed by atoms with E-state index in [9.17, 15) is 4.79 Å². The third kappa shape index (κ3) is 2.57. The molecule has 1 amide bonds. The van der Waals surface area contributed by atoms with Crippen LogP contribution in [0.5, 0.6) is 0 Å².